The number of carbonyl (C=O) groups is 2. The second-order valence-electron chi connectivity index (χ2n) is 10.7. The fourth-order valence-electron chi connectivity index (χ4n) is 5.71. The predicted octanol–water partition coefficient (Wildman–Crippen LogP) is 5.47. The van der Waals surface area contributed by atoms with Crippen LogP contribution in [0.15, 0.2) is 48.5 Å². The number of rotatable bonds is 9. The SMILES string of the molecule is COc1ccc(C2c3nc(NC(C)C)ccc3C(c3ccc4c(c3)OC(F)(F)O4)C2C(=O)O)c(CC(C)C(=O)O)c1. The number of hydrogen-bond donors (Lipinski definition) is 3. The zero-order valence-electron chi connectivity index (χ0n) is 22.9. The smallest absolute Gasteiger partial charge is 0.497 e. The number of alkyl halides is 2. The van der Waals surface area contributed by atoms with Crippen LogP contribution in [0.2, 0.25) is 0 Å². The molecule has 3 aromatic rings. The Morgan fingerprint density at radius 1 is 1.00 bits per heavy atom. The number of benzene rings is 2. The van der Waals surface area contributed by atoms with Crippen LogP contribution in [-0.4, -0.2) is 46.6 Å². The molecule has 4 unspecified atom stereocenters. The maximum Gasteiger partial charge on any atom is 0.586 e. The number of nitrogens with one attached hydrogen (secondary N) is 1. The summed E-state index contributed by atoms with van der Waals surface area (Å²) in [5, 5.41) is 23.5. The lowest BCUT2D eigenvalue weighted by molar-refractivity contribution is -0.286. The van der Waals surface area contributed by atoms with Gasteiger partial charge in [-0.15, -0.1) is 8.78 Å². The topological polar surface area (TPSA) is 127 Å². The number of fused-ring (bicyclic) bond motifs is 2. The number of carboxylic acids is 2. The number of halogens is 2. The summed E-state index contributed by atoms with van der Waals surface area (Å²) in [5.74, 6) is -4.79. The number of ether oxygens (including phenoxy) is 3. The number of carboxylic acid groups (broad SMARTS) is 2. The van der Waals surface area contributed by atoms with Gasteiger partial charge >= 0.3 is 18.2 Å². The second-order valence-corrected chi connectivity index (χ2v) is 10.7. The quantitative estimate of drug-likeness (QED) is 0.308. The predicted molar refractivity (Wildman–Crippen MR) is 144 cm³/mol. The van der Waals surface area contributed by atoms with Gasteiger partial charge in [0.1, 0.15) is 11.6 Å². The zero-order chi connectivity index (χ0) is 29.6. The third-order valence-electron chi connectivity index (χ3n) is 7.44. The zero-order valence-corrected chi connectivity index (χ0v) is 22.9. The Kier molecular flexibility index (Phi) is 7.23. The Morgan fingerprint density at radius 3 is 2.37 bits per heavy atom. The van der Waals surface area contributed by atoms with Crippen molar-refractivity contribution in [3.05, 3.63) is 76.5 Å². The van der Waals surface area contributed by atoms with Gasteiger partial charge in [0.25, 0.3) is 0 Å². The number of hydrogen-bond acceptors (Lipinski definition) is 7. The lowest BCUT2D eigenvalue weighted by Gasteiger charge is -2.25. The molecule has 4 atom stereocenters. The van der Waals surface area contributed by atoms with E-state index in [0.717, 1.165) is 0 Å². The van der Waals surface area contributed by atoms with Crippen molar-refractivity contribution in [2.24, 2.45) is 11.8 Å². The van der Waals surface area contributed by atoms with Gasteiger partial charge in [0.2, 0.25) is 0 Å². The van der Waals surface area contributed by atoms with Crippen LogP contribution < -0.4 is 19.5 Å². The van der Waals surface area contributed by atoms with Crippen molar-refractivity contribution in [1.82, 2.24) is 4.98 Å². The Labute approximate surface area is 235 Å². The first kappa shape index (κ1) is 28.1. The average molecular weight is 569 g/mol. The van der Waals surface area contributed by atoms with Gasteiger partial charge < -0.3 is 29.7 Å². The van der Waals surface area contributed by atoms with Crippen molar-refractivity contribution in [3.8, 4) is 17.2 Å². The largest absolute Gasteiger partial charge is 0.586 e. The fraction of sp³-hybridized carbons (Fsp3) is 0.367. The molecule has 2 aromatic carbocycles. The number of aromatic nitrogens is 1. The Bertz CT molecular complexity index is 1510. The summed E-state index contributed by atoms with van der Waals surface area (Å²) in [5.41, 5.74) is 2.80. The highest BCUT2D eigenvalue weighted by Crippen LogP contribution is 2.54. The van der Waals surface area contributed by atoms with Crippen LogP contribution in [0.1, 0.15) is 60.6 Å². The molecule has 0 saturated carbocycles. The number of pyridine rings is 1. The molecule has 1 aliphatic carbocycles. The van der Waals surface area contributed by atoms with Crippen LogP contribution >= 0.6 is 0 Å². The molecule has 216 valence electrons. The second kappa shape index (κ2) is 10.5. The summed E-state index contributed by atoms with van der Waals surface area (Å²) in [7, 11) is 1.49. The molecule has 9 nitrogen and oxygen atoms in total. The van der Waals surface area contributed by atoms with E-state index >= 15 is 0 Å². The maximum absolute atomic E-state index is 13.8. The van der Waals surface area contributed by atoms with Crippen LogP contribution in [0.5, 0.6) is 17.2 Å². The standard InChI is InChI=1S/C30H30F2N2O7/c1-14(2)33-23-10-8-20-24(16-5-9-21-22(13-16)41-30(31,32)40-21)26(29(37)38)25(27(20)34-23)19-7-6-18(39-4)12-17(19)11-15(3)28(35)36/h5-10,12-15,24-26H,11H2,1-4H3,(H,33,34)(H,35,36)(H,37,38). The molecular weight excluding hydrogens is 538 g/mol. The minimum atomic E-state index is -3.82. The molecule has 1 aliphatic heterocycles. The van der Waals surface area contributed by atoms with Crippen molar-refractivity contribution >= 4 is 17.8 Å². The monoisotopic (exact) mass is 568 g/mol. The van der Waals surface area contributed by atoms with E-state index in [0.29, 0.717) is 39.5 Å². The Balaban J connectivity index is 1.70. The van der Waals surface area contributed by atoms with Gasteiger partial charge in [0.05, 0.1) is 24.6 Å². The molecule has 5 rings (SSSR count). The highest BCUT2D eigenvalue weighted by atomic mass is 19.3. The third kappa shape index (κ3) is 5.36. The summed E-state index contributed by atoms with van der Waals surface area (Å²) >= 11 is 0. The maximum atomic E-state index is 13.8. The van der Waals surface area contributed by atoms with Gasteiger partial charge in [0, 0.05) is 17.9 Å². The van der Waals surface area contributed by atoms with Crippen LogP contribution in [0.4, 0.5) is 14.6 Å². The first-order valence-corrected chi connectivity index (χ1v) is 13.2. The summed E-state index contributed by atoms with van der Waals surface area (Å²) in [4.78, 5) is 29.7. The summed E-state index contributed by atoms with van der Waals surface area (Å²) in [6.45, 7) is 5.48. The molecule has 11 heteroatoms. The Hall–Kier alpha value is -4.41. The van der Waals surface area contributed by atoms with E-state index in [-0.39, 0.29) is 24.0 Å². The first-order chi connectivity index (χ1) is 19.4. The molecule has 0 saturated heterocycles. The van der Waals surface area contributed by atoms with Crippen molar-refractivity contribution in [2.45, 2.75) is 51.4 Å². The van der Waals surface area contributed by atoms with Crippen LogP contribution in [0, 0.1) is 11.8 Å². The van der Waals surface area contributed by atoms with Gasteiger partial charge in [-0.25, -0.2) is 4.98 Å². The van der Waals surface area contributed by atoms with E-state index in [9.17, 15) is 28.6 Å². The molecule has 1 aromatic heterocycles. The van der Waals surface area contributed by atoms with Gasteiger partial charge in [-0.05, 0) is 72.9 Å². The van der Waals surface area contributed by atoms with Crippen LogP contribution in [-0.2, 0) is 16.0 Å². The molecule has 0 spiro atoms. The lowest BCUT2D eigenvalue weighted by atomic mass is 9.78. The minimum absolute atomic E-state index is 0.0509. The molecule has 0 radical (unpaired) electrons. The number of methoxy groups -OCH3 is 1. The molecule has 2 heterocycles. The van der Waals surface area contributed by atoms with E-state index < -0.39 is 41.9 Å². The molecular formula is C30H30F2N2O7. The first-order valence-electron chi connectivity index (χ1n) is 13.2. The van der Waals surface area contributed by atoms with Crippen molar-refractivity contribution < 1.29 is 42.8 Å². The number of anilines is 1. The van der Waals surface area contributed by atoms with Gasteiger partial charge in [0.15, 0.2) is 11.5 Å². The normalized spacial score (nSPS) is 20.9. The van der Waals surface area contributed by atoms with Crippen LogP contribution in [0.25, 0.3) is 0 Å². The molecule has 3 N–H and O–H groups in total. The highest BCUT2D eigenvalue weighted by Gasteiger charge is 2.50. The molecule has 0 bridgehead atoms. The molecule has 2 aliphatic rings. The van der Waals surface area contributed by atoms with E-state index in [2.05, 4.69) is 14.8 Å². The van der Waals surface area contributed by atoms with E-state index in [1.807, 2.05) is 13.8 Å². The minimum Gasteiger partial charge on any atom is -0.497 e. The summed E-state index contributed by atoms with van der Waals surface area (Å²) in [6.07, 6.45) is -3.69. The third-order valence-corrected chi connectivity index (χ3v) is 7.44. The lowest BCUT2D eigenvalue weighted by Crippen LogP contribution is -2.26. The molecule has 0 amide bonds. The molecule has 41 heavy (non-hydrogen) atoms. The summed E-state index contributed by atoms with van der Waals surface area (Å²) in [6, 6.07) is 13.1. The van der Waals surface area contributed by atoms with Crippen LogP contribution in [0.3, 0.4) is 0 Å². The highest BCUT2D eigenvalue weighted by molar-refractivity contribution is 5.78. The van der Waals surface area contributed by atoms with E-state index in [4.69, 9.17) is 9.72 Å². The van der Waals surface area contributed by atoms with E-state index in [1.54, 1.807) is 43.3 Å². The van der Waals surface area contributed by atoms with E-state index in [1.165, 1.54) is 19.2 Å². The van der Waals surface area contributed by atoms with Crippen molar-refractivity contribution in [3.63, 3.8) is 0 Å². The number of aliphatic carboxylic acids is 2. The average Bonchev–Trinajstić information content (AvgIpc) is 3.40. The van der Waals surface area contributed by atoms with Gasteiger partial charge in [-0.3, -0.25) is 9.59 Å². The molecule has 0 fully saturated rings. The van der Waals surface area contributed by atoms with Crippen molar-refractivity contribution in [1.29, 1.82) is 0 Å². The van der Waals surface area contributed by atoms with Crippen molar-refractivity contribution in [2.75, 3.05) is 12.4 Å². The van der Waals surface area contributed by atoms with Gasteiger partial charge in [-0.2, -0.15) is 0 Å². The summed E-state index contributed by atoms with van der Waals surface area (Å²) < 4.78 is 42.2. The number of nitrogens with zero attached hydrogens (tertiary/aromatic N) is 1. The van der Waals surface area contributed by atoms with Gasteiger partial charge in [-0.1, -0.05) is 25.1 Å². The fourth-order valence-corrected chi connectivity index (χ4v) is 5.71. The Morgan fingerprint density at radius 2 is 1.71 bits per heavy atom.